The number of H-pyrrole nitrogens is 1. The molecule has 0 saturated carbocycles. The minimum absolute atomic E-state index is 0.00871. The molecular weight excluding hydrogens is 455 g/mol. The van der Waals surface area contributed by atoms with Crippen LogP contribution in [-0.2, 0) is 17.8 Å². The van der Waals surface area contributed by atoms with Gasteiger partial charge in [0.05, 0.1) is 0 Å². The fourth-order valence-corrected chi connectivity index (χ4v) is 4.81. The summed E-state index contributed by atoms with van der Waals surface area (Å²) in [5, 5.41) is 7.05. The molecule has 2 heterocycles. The lowest BCUT2D eigenvalue weighted by Gasteiger charge is -2.22. The Morgan fingerprint density at radius 3 is 2.56 bits per heavy atom. The molecule has 5 rings (SSSR count). The number of rotatable bonds is 8. The van der Waals surface area contributed by atoms with Gasteiger partial charge in [0.25, 0.3) is 5.91 Å². The van der Waals surface area contributed by atoms with E-state index in [1.165, 1.54) is 29.8 Å². The number of hydrogen-bond acceptors (Lipinski definition) is 3. The monoisotopic (exact) mass is 484 g/mol. The number of hydrogen-bond donors (Lipinski definition) is 3. The number of nitrogens with zero attached hydrogens (tertiary/aromatic N) is 1. The molecule has 0 radical (unpaired) electrons. The van der Waals surface area contributed by atoms with E-state index in [0.29, 0.717) is 12.0 Å². The average Bonchev–Trinajstić information content (AvgIpc) is 3.51. The van der Waals surface area contributed by atoms with Crippen molar-refractivity contribution in [2.24, 2.45) is 0 Å². The molecule has 0 spiro atoms. The zero-order valence-corrected chi connectivity index (χ0v) is 19.9. The predicted octanol–water partition coefficient (Wildman–Crippen LogP) is 4.04. The molecule has 0 aliphatic carbocycles. The van der Waals surface area contributed by atoms with Crippen LogP contribution >= 0.6 is 0 Å². The van der Waals surface area contributed by atoms with Crippen molar-refractivity contribution in [2.45, 2.75) is 31.5 Å². The molecule has 1 aliphatic rings. The molecule has 1 aromatic heterocycles. The van der Waals surface area contributed by atoms with Crippen molar-refractivity contribution in [1.82, 2.24) is 20.5 Å². The van der Waals surface area contributed by atoms with E-state index < -0.39 is 17.8 Å². The lowest BCUT2D eigenvalue weighted by molar-refractivity contribution is -0.123. The largest absolute Gasteiger partial charge is 0.361 e. The summed E-state index contributed by atoms with van der Waals surface area (Å²) in [5.41, 5.74) is 3.47. The van der Waals surface area contributed by atoms with Gasteiger partial charge in [-0.1, -0.05) is 48.5 Å². The molecule has 1 saturated heterocycles. The fraction of sp³-hybridized carbons (Fsp3) is 0.241. The van der Waals surface area contributed by atoms with E-state index in [-0.39, 0.29) is 11.9 Å². The second-order valence-electron chi connectivity index (χ2n) is 9.31. The molecule has 3 aromatic carbocycles. The van der Waals surface area contributed by atoms with Crippen LogP contribution in [0.25, 0.3) is 10.9 Å². The van der Waals surface area contributed by atoms with Crippen LogP contribution in [0.15, 0.2) is 85.1 Å². The van der Waals surface area contributed by atoms with Crippen molar-refractivity contribution in [3.05, 3.63) is 108 Å². The van der Waals surface area contributed by atoms with Gasteiger partial charge >= 0.3 is 0 Å². The number of aromatic nitrogens is 1. The van der Waals surface area contributed by atoms with Crippen molar-refractivity contribution in [3.8, 4) is 0 Å². The normalized spacial score (nSPS) is 16.6. The summed E-state index contributed by atoms with van der Waals surface area (Å²) >= 11 is 0. The van der Waals surface area contributed by atoms with E-state index in [1.54, 1.807) is 0 Å². The van der Waals surface area contributed by atoms with Crippen LogP contribution in [0.3, 0.4) is 0 Å². The van der Waals surface area contributed by atoms with E-state index in [1.807, 2.05) is 48.7 Å². The highest BCUT2D eigenvalue weighted by Crippen LogP contribution is 2.20. The Balaban J connectivity index is 1.29. The molecule has 7 heteroatoms. The van der Waals surface area contributed by atoms with Crippen molar-refractivity contribution >= 4 is 22.7 Å². The lowest BCUT2D eigenvalue weighted by atomic mass is 10.0. The van der Waals surface area contributed by atoms with Crippen molar-refractivity contribution < 1.29 is 14.0 Å². The molecule has 2 amide bonds. The minimum atomic E-state index is -0.773. The number of amides is 2. The van der Waals surface area contributed by atoms with Crippen LogP contribution in [0.4, 0.5) is 4.39 Å². The molecule has 1 fully saturated rings. The number of halogens is 1. The summed E-state index contributed by atoms with van der Waals surface area (Å²) in [6.07, 6.45) is 3.07. The van der Waals surface area contributed by atoms with Gasteiger partial charge in [-0.25, -0.2) is 4.39 Å². The number of benzene rings is 3. The Bertz CT molecular complexity index is 1340. The van der Waals surface area contributed by atoms with Gasteiger partial charge in [-0.3, -0.25) is 14.5 Å². The number of nitrogens with one attached hydrogen (secondary N) is 3. The van der Waals surface area contributed by atoms with E-state index in [4.69, 9.17) is 0 Å². The first-order chi connectivity index (χ1) is 17.5. The second-order valence-corrected chi connectivity index (χ2v) is 9.31. The topological polar surface area (TPSA) is 77.2 Å². The molecular formula is C29H29FN4O2. The first-order valence-electron chi connectivity index (χ1n) is 12.2. The number of carbonyl (C=O) groups excluding carboxylic acids is 2. The van der Waals surface area contributed by atoms with Gasteiger partial charge in [0.2, 0.25) is 5.91 Å². The third-order valence-electron chi connectivity index (χ3n) is 6.69. The van der Waals surface area contributed by atoms with Crippen LogP contribution in [-0.4, -0.2) is 46.9 Å². The van der Waals surface area contributed by atoms with Gasteiger partial charge < -0.3 is 15.6 Å². The summed E-state index contributed by atoms with van der Waals surface area (Å²) in [6.45, 7) is 2.49. The lowest BCUT2D eigenvalue weighted by Crippen LogP contribution is -2.51. The van der Waals surface area contributed by atoms with E-state index in [0.717, 1.165) is 42.5 Å². The van der Waals surface area contributed by atoms with Crippen LogP contribution in [0, 0.1) is 5.82 Å². The molecule has 0 bridgehead atoms. The summed E-state index contributed by atoms with van der Waals surface area (Å²) < 4.78 is 13.3. The van der Waals surface area contributed by atoms with Gasteiger partial charge in [0, 0.05) is 54.8 Å². The molecule has 2 atom stereocenters. The predicted molar refractivity (Wildman–Crippen MR) is 138 cm³/mol. The molecule has 36 heavy (non-hydrogen) atoms. The number of aromatic amines is 1. The maximum Gasteiger partial charge on any atom is 0.251 e. The van der Waals surface area contributed by atoms with E-state index in [2.05, 4.69) is 32.7 Å². The van der Waals surface area contributed by atoms with Crippen molar-refractivity contribution in [2.75, 3.05) is 13.1 Å². The van der Waals surface area contributed by atoms with Crippen LogP contribution in [0.2, 0.25) is 0 Å². The maximum absolute atomic E-state index is 13.4. The molecule has 0 unspecified atom stereocenters. The first kappa shape index (κ1) is 23.8. The summed E-state index contributed by atoms with van der Waals surface area (Å²) in [5.74, 6) is -1.05. The van der Waals surface area contributed by atoms with Crippen LogP contribution in [0.5, 0.6) is 0 Å². The Morgan fingerprint density at radius 1 is 1.00 bits per heavy atom. The highest BCUT2D eigenvalue weighted by molar-refractivity contribution is 5.98. The number of carbonyl (C=O) groups is 2. The van der Waals surface area contributed by atoms with E-state index in [9.17, 15) is 14.0 Å². The smallest absolute Gasteiger partial charge is 0.251 e. The van der Waals surface area contributed by atoms with Gasteiger partial charge in [0.15, 0.2) is 0 Å². The number of likely N-dealkylation sites (tertiary alicyclic amines) is 1. The highest BCUT2D eigenvalue weighted by Gasteiger charge is 2.29. The zero-order chi connectivity index (χ0) is 24.9. The van der Waals surface area contributed by atoms with Gasteiger partial charge in [0.1, 0.15) is 11.9 Å². The molecule has 184 valence electrons. The Morgan fingerprint density at radius 2 is 1.75 bits per heavy atom. The fourth-order valence-electron chi connectivity index (χ4n) is 4.81. The van der Waals surface area contributed by atoms with E-state index >= 15 is 0 Å². The van der Waals surface area contributed by atoms with Gasteiger partial charge in [-0.05, 0) is 47.9 Å². The van der Waals surface area contributed by atoms with Crippen LogP contribution < -0.4 is 10.6 Å². The zero-order valence-electron chi connectivity index (χ0n) is 19.9. The average molecular weight is 485 g/mol. The standard InChI is InChI=1S/C29H29FN4O2/c30-23-12-10-21(11-13-23)28(35)33-27(16-22-17-31-26-9-5-4-8-25(22)26)29(36)32-24-14-15-34(19-24)18-20-6-2-1-3-7-20/h1-13,17,24,27,31H,14-16,18-19H2,(H,32,36)(H,33,35)/t24-,27+/m1/s1. The third kappa shape index (κ3) is 5.63. The molecule has 6 nitrogen and oxygen atoms in total. The maximum atomic E-state index is 13.4. The van der Waals surface area contributed by atoms with Crippen molar-refractivity contribution in [3.63, 3.8) is 0 Å². The third-order valence-corrected chi connectivity index (χ3v) is 6.69. The number of para-hydroxylation sites is 1. The molecule has 1 aliphatic heterocycles. The quantitative estimate of drug-likeness (QED) is 0.353. The second kappa shape index (κ2) is 10.7. The number of fused-ring (bicyclic) bond motifs is 1. The SMILES string of the molecule is O=C(N[C@@H](Cc1c[nH]c2ccccc12)C(=O)N[C@@H]1CCN(Cc2ccccc2)C1)c1ccc(F)cc1. The highest BCUT2D eigenvalue weighted by atomic mass is 19.1. The Labute approximate surface area is 209 Å². The van der Waals surface area contributed by atoms with Crippen LogP contribution in [0.1, 0.15) is 27.9 Å². The summed E-state index contributed by atoms with van der Waals surface area (Å²) in [4.78, 5) is 31.9. The Kier molecular flexibility index (Phi) is 7.09. The molecule has 4 aromatic rings. The minimum Gasteiger partial charge on any atom is -0.361 e. The Hall–Kier alpha value is -3.97. The van der Waals surface area contributed by atoms with Crippen molar-refractivity contribution in [1.29, 1.82) is 0 Å². The summed E-state index contributed by atoms with van der Waals surface area (Å²) in [6, 6.07) is 22.7. The first-order valence-corrected chi connectivity index (χ1v) is 12.2. The molecule has 3 N–H and O–H groups in total. The van der Waals surface area contributed by atoms with Gasteiger partial charge in [-0.15, -0.1) is 0 Å². The van der Waals surface area contributed by atoms with Gasteiger partial charge in [-0.2, -0.15) is 0 Å². The summed E-state index contributed by atoms with van der Waals surface area (Å²) in [7, 11) is 0.